The highest BCUT2D eigenvalue weighted by molar-refractivity contribution is 7.47. The minimum absolute atomic E-state index is 0.0906. The van der Waals surface area contributed by atoms with Gasteiger partial charge in [0, 0.05) is 13.0 Å². The van der Waals surface area contributed by atoms with Crippen LogP contribution in [-0.2, 0) is 27.9 Å². The second kappa shape index (κ2) is 50.4. The minimum atomic E-state index is -4.28. The molecule has 2 atom stereocenters. The van der Waals surface area contributed by atoms with Crippen LogP contribution in [0.4, 0.5) is 0 Å². The quantitative estimate of drug-likeness (QED) is 0.0213. The molecule has 0 aliphatic carbocycles. The summed E-state index contributed by atoms with van der Waals surface area (Å²) in [7, 11) is 1.68. The van der Waals surface area contributed by atoms with Crippen LogP contribution < -0.4 is 0 Å². The number of carbonyl (C=O) groups excluding carboxylic acids is 1. The monoisotopic (exact) mass is 955 g/mol. The molecular weight excluding hydrogens is 842 g/mol. The highest BCUT2D eigenvalue weighted by atomic mass is 31.2. The van der Waals surface area contributed by atoms with E-state index in [1.165, 1.54) is 218 Å². The summed E-state index contributed by atoms with van der Waals surface area (Å²) in [6.45, 7) is 5.66. The van der Waals surface area contributed by atoms with Crippen LogP contribution in [0, 0.1) is 0 Å². The zero-order valence-corrected chi connectivity index (χ0v) is 45.6. The first kappa shape index (κ1) is 65.0. The van der Waals surface area contributed by atoms with E-state index in [2.05, 4.69) is 38.2 Å². The average Bonchev–Trinajstić information content (AvgIpc) is 3.28. The number of phosphoric acid groups is 1. The molecule has 9 heteroatoms. The van der Waals surface area contributed by atoms with Gasteiger partial charge in [-0.2, -0.15) is 0 Å². The summed E-state index contributed by atoms with van der Waals surface area (Å²) >= 11 is 0. The molecule has 0 rings (SSSR count). The van der Waals surface area contributed by atoms with E-state index >= 15 is 0 Å². The predicted octanol–water partition coefficient (Wildman–Crippen LogP) is 17.9. The van der Waals surface area contributed by atoms with Gasteiger partial charge in [-0.15, -0.1) is 0 Å². The van der Waals surface area contributed by atoms with Gasteiger partial charge in [-0.1, -0.05) is 250 Å². The predicted molar refractivity (Wildman–Crippen MR) is 284 cm³/mol. The van der Waals surface area contributed by atoms with E-state index in [1.807, 2.05) is 21.1 Å². The van der Waals surface area contributed by atoms with Gasteiger partial charge in [0.2, 0.25) is 0 Å². The van der Waals surface area contributed by atoms with Gasteiger partial charge < -0.3 is 18.9 Å². The summed E-state index contributed by atoms with van der Waals surface area (Å²) in [6.07, 6.45) is 60.9. The summed E-state index contributed by atoms with van der Waals surface area (Å²) < 4.78 is 35.3. The van der Waals surface area contributed by atoms with Gasteiger partial charge in [0.15, 0.2) is 0 Å². The standard InChI is InChI=1S/C57H112NO7P/c1-6-8-10-12-14-16-18-20-22-24-26-28-29-30-31-32-34-36-38-40-42-44-46-48-50-57(59)65-56(55-64-66(60,61)63-53-51-58(3,4)5)54-62-52-49-47-45-43-41-39-37-35-33-27-25-23-21-19-17-15-13-11-9-7-2/h15,17,21,23,56H,6-14,16,18-20,22,24-55H2,1-5H3/p+1/b17-15-,23-21-. The Labute approximate surface area is 411 Å². The lowest BCUT2D eigenvalue weighted by molar-refractivity contribution is -0.870. The van der Waals surface area contributed by atoms with Crippen molar-refractivity contribution in [1.82, 2.24) is 0 Å². The van der Waals surface area contributed by atoms with Gasteiger partial charge in [0.25, 0.3) is 0 Å². The Morgan fingerprint density at radius 1 is 0.470 bits per heavy atom. The number of carbonyl (C=O) groups is 1. The number of rotatable bonds is 54. The second-order valence-corrected chi connectivity index (χ2v) is 22.1. The Morgan fingerprint density at radius 3 is 1.26 bits per heavy atom. The van der Waals surface area contributed by atoms with Crippen LogP contribution in [0.1, 0.15) is 277 Å². The molecule has 66 heavy (non-hydrogen) atoms. The molecule has 0 aliphatic rings. The number of phosphoric ester groups is 1. The van der Waals surface area contributed by atoms with E-state index in [4.69, 9.17) is 18.5 Å². The van der Waals surface area contributed by atoms with E-state index in [0.29, 0.717) is 24.1 Å². The zero-order valence-electron chi connectivity index (χ0n) is 44.7. The molecule has 1 N–H and O–H groups in total. The molecule has 0 aromatic heterocycles. The second-order valence-electron chi connectivity index (χ2n) is 20.7. The number of hydrogen-bond donors (Lipinski definition) is 1. The minimum Gasteiger partial charge on any atom is -0.457 e. The Balaban J connectivity index is 4.04. The third-order valence-electron chi connectivity index (χ3n) is 12.8. The van der Waals surface area contributed by atoms with Gasteiger partial charge in [-0.05, 0) is 44.9 Å². The SMILES string of the molecule is CCCCC/C=C\C/C=C\CCCCCCCCCCCCOCC(COP(=O)(O)OCC[N+](C)(C)C)OC(=O)CCCCCCCCCCCCCCCCCCCCCCCCCC. The van der Waals surface area contributed by atoms with Crippen molar-refractivity contribution in [2.24, 2.45) is 0 Å². The Bertz CT molecular complexity index is 1110. The Morgan fingerprint density at radius 2 is 0.833 bits per heavy atom. The van der Waals surface area contributed by atoms with Crippen molar-refractivity contribution in [3.63, 3.8) is 0 Å². The molecule has 0 radical (unpaired) electrons. The van der Waals surface area contributed by atoms with Gasteiger partial charge in [-0.25, -0.2) is 4.57 Å². The molecule has 392 valence electrons. The topological polar surface area (TPSA) is 91.3 Å². The molecule has 8 nitrogen and oxygen atoms in total. The van der Waals surface area contributed by atoms with E-state index in [9.17, 15) is 14.3 Å². The number of esters is 1. The van der Waals surface area contributed by atoms with E-state index in [0.717, 1.165) is 38.5 Å². The van der Waals surface area contributed by atoms with Crippen LogP contribution in [0.15, 0.2) is 24.3 Å². The molecule has 0 saturated carbocycles. The summed E-state index contributed by atoms with van der Waals surface area (Å²) in [5, 5.41) is 0. The van der Waals surface area contributed by atoms with E-state index < -0.39 is 13.9 Å². The van der Waals surface area contributed by atoms with Crippen LogP contribution >= 0.6 is 7.82 Å². The maximum absolute atomic E-state index is 12.8. The van der Waals surface area contributed by atoms with E-state index in [1.54, 1.807) is 0 Å². The van der Waals surface area contributed by atoms with Crippen LogP contribution in [-0.4, -0.2) is 75.6 Å². The molecule has 0 aromatic rings. The third-order valence-corrected chi connectivity index (χ3v) is 13.7. The number of likely N-dealkylation sites (N-methyl/N-ethyl adjacent to an activating group) is 1. The maximum Gasteiger partial charge on any atom is 0.472 e. The van der Waals surface area contributed by atoms with Crippen LogP contribution in [0.3, 0.4) is 0 Å². The highest BCUT2D eigenvalue weighted by Gasteiger charge is 2.26. The maximum atomic E-state index is 12.8. The van der Waals surface area contributed by atoms with Gasteiger partial charge >= 0.3 is 13.8 Å². The molecule has 0 aromatic carbocycles. The molecule has 0 amide bonds. The average molecular weight is 956 g/mol. The van der Waals surface area contributed by atoms with Crippen LogP contribution in [0.2, 0.25) is 0 Å². The number of hydrogen-bond acceptors (Lipinski definition) is 6. The molecule has 0 heterocycles. The number of quaternary nitrogens is 1. The lowest BCUT2D eigenvalue weighted by Crippen LogP contribution is -2.37. The highest BCUT2D eigenvalue weighted by Crippen LogP contribution is 2.43. The number of ether oxygens (including phenoxy) is 2. The third kappa shape index (κ3) is 53.9. The van der Waals surface area contributed by atoms with Crippen molar-refractivity contribution in [2.75, 3.05) is 54.1 Å². The van der Waals surface area contributed by atoms with Crippen LogP contribution in [0.25, 0.3) is 0 Å². The lowest BCUT2D eigenvalue weighted by atomic mass is 10.0. The smallest absolute Gasteiger partial charge is 0.457 e. The van der Waals surface area contributed by atoms with Crippen molar-refractivity contribution < 1.29 is 37.3 Å². The van der Waals surface area contributed by atoms with Crippen molar-refractivity contribution in [1.29, 1.82) is 0 Å². The van der Waals surface area contributed by atoms with Crippen molar-refractivity contribution >= 4 is 13.8 Å². The molecule has 0 spiro atoms. The first-order valence-corrected chi connectivity index (χ1v) is 30.1. The summed E-state index contributed by atoms with van der Waals surface area (Å²) in [5.41, 5.74) is 0. The molecule has 0 saturated heterocycles. The molecule has 0 bridgehead atoms. The summed E-state index contributed by atoms with van der Waals surface area (Å²) in [6, 6.07) is 0. The first-order valence-electron chi connectivity index (χ1n) is 28.6. The van der Waals surface area contributed by atoms with Gasteiger partial charge in [-0.3, -0.25) is 13.8 Å². The summed E-state index contributed by atoms with van der Waals surface area (Å²) in [5.74, 6) is -0.307. The molecule has 2 unspecified atom stereocenters. The van der Waals surface area contributed by atoms with Crippen molar-refractivity contribution in [3.8, 4) is 0 Å². The number of nitrogens with zero attached hydrogens (tertiary/aromatic N) is 1. The van der Waals surface area contributed by atoms with E-state index in [-0.39, 0.29) is 25.8 Å². The fourth-order valence-electron chi connectivity index (χ4n) is 8.35. The van der Waals surface area contributed by atoms with Gasteiger partial charge in [0.05, 0.1) is 34.4 Å². The van der Waals surface area contributed by atoms with Crippen LogP contribution in [0.5, 0.6) is 0 Å². The Kier molecular flexibility index (Phi) is 49.6. The number of allylic oxidation sites excluding steroid dienone is 4. The normalized spacial score (nSPS) is 13.6. The molecular formula is C57H113NO7P+. The van der Waals surface area contributed by atoms with Gasteiger partial charge in [0.1, 0.15) is 19.3 Å². The molecule has 0 fully saturated rings. The first-order chi connectivity index (χ1) is 32.1. The summed E-state index contributed by atoms with van der Waals surface area (Å²) in [4.78, 5) is 23.1. The fourth-order valence-corrected chi connectivity index (χ4v) is 9.09. The fraction of sp³-hybridized carbons (Fsp3) is 0.912. The van der Waals surface area contributed by atoms with Crippen molar-refractivity contribution in [2.45, 2.75) is 283 Å². The lowest BCUT2D eigenvalue weighted by Gasteiger charge is -2.24. The largest absolute Gasteiger partial charge is 0.472 e. The zero-order chi connectivity index (χ0) is 48.3. The Hall–Kier alpha value is -1.02. The van der Waals surface area contributed by atoms with Crippen molar-refractivity contribution in [3.05, 3.63) is 24.3 Å². The number of unbranched alkanes of at least 4 members (excludes halogenated alkanes) is 36. The molecule has 0 aliphatic heterocycles.